The molecular formula is C16H16N4O3. The summed E-state index contributed by atoms with van der Waals surface area (Å²) in [6.07, 6.45) is 0.300. The summed E-state index contributed by atoms with van der Waals surface area (Å²) in [5.41, 5.74) is 12.9. The lowest BCUT2D eigenvalue weighted by Crippen LogP contribution is -2.22. The van der Waals surface area contributed by atoms with E-state index in [4.69, 9.17) is 30.9 Å². The highest BCUT2D eigenvalue weighted by Gasteiger charge is 2.29. The Morgan fingerprint density at radius 2 is 2.00 bits per heavy atom. The van der Waals surface area contributed by atoms with Crippen molar-refractivity contribution >= 4 is 11.5 Å². The van der Waals surface area contributed by atoms with Gasteiger partial charge in [-0.25, -0.2) is 0 Å². The number of pyridine rings is 1. The van der Waals surface area contributed by atoms with Gasteiger partial charge in [-0.3, -0.25) is 0 Å². The van der Waals surface area contributed by atoms with Crippen LogP contribution in [0.15, 0.2) is 24.3 Å². The van der Waals surface area contributed by atoms with E-state index in [-0.39, 0.29) is 17.5 Å². The van der Waals surface area contributed by atoms with Crippen LogP contribution in [0.2, 0.25) is 0 Å². The highest BCUT2D eigenvalue weighted by molar-refractivity contribution is 5.71. The van der Waals surface area contributed by atoms with Gasteiger partial charge in [-0.05, 0) is 24.3 Å². The first-order chi connectivity index (χ1) is 11.1. The van der Waals surface area contributed by atoms with Gasteiger partial charge in [0.05, 0.1) is 12.8 Å². The average molecular weight is 312 g/mol. The van der Waals surface area contributed by atoms with Gasteiger partial charge in [0, 0.05) is 12.0 Å². The molecule has 0 saturated carbocycles. The van der Waals surface area contributed by atoms with Crippen LogP contribution in [0.1, 0.15) is 11.1 Å². The number of benzene rings is 1. The number of nitrogens with two attached hydrogens (primary N) is 2. The number of ether oxygens (including phenoxy) is 3. The van der Waals surface area contributed by atoms with E-state index in [0.717, 1.165) is 5.75 Å². The topological polar surface area (TPSA) is 116 Å². The molecule has 7 heteroatoms. The zero-order valence-corrected chi connectivity index (χ0v) is 12.6. The zero-order chi connectivity index (χ0) is 16.4. The quantitative estimate of drug-likeness (QED) is 0.878. The fraction of sp³-hybridized carbons (Fsp3) is 0.250. The lowest BCUT2D eigenvalue weighted by Gasteiger charge is -2.12. The molecule has 1 unspecified atom stereocenters. The van der Waals surface area contributed by atoms with Crippen molar-refractivity contribution in [1.82, 2.24) is 4.98 Å². The molecule has 4 N–H and O–H groups in total. The Balaban J connectivity index is 1.68. The molecule has 1 aliphatic rings. The molecule has 0 saturated heterocycles. The van der Waals surface area contributed by atoms with Crippen molar-refractivity contribution in [2.45, 2.75) is 12.5 Å². The van der Waals surface area contributed by atoms with Crippen LogP contribution in [0.5, 0.6) is 17.4 Å². The molecule has 2 aromatic rings. The van der Waals surface area contributed by atoms with Crippen molar-refractivity contribution in [3.8, 4) is 23.4 Å². The van der Waals surface area contributed by atoms with Gasteiger partial charge in [-0.15, -0.1) is 0 Å². The Kier molecular flexibility index (Phi) is 3.81. The minimum Gasteiger partial charge on any atom is -0.497 e. The Labute approximate surface area is 133 Å². The van der Waals surface area contributed by atoms with Crippen molar-refractivity contribution in [2.75, 3.05) is 25.2 Å². The number of hydrogen-bond acceptors (Lipinski definition) is 7. The monoisotopic (exact) mass is 312 g/mol. The highest BCUT2D eigenvalue weighted by atomic mass is 16.5. The number of rotatable bonds is 4. The van der Waals surface area contributed by atoms with Crippen LogP contribution < -0.4 is 25.7 Å². The first-order valence-electron chi connectivity index (χ1n) is 7.03. The molecule has 118 valence electrons. The van der Waals surface area contributed by atoms with E-state index < -0.39 is 0 Å². The molecule has 0 aliphatic carbocycles. The van der Waals surface area contributed by atoms with Crippen LogP contribution in [0.25, 0.3) is 0 Å². The van der Waals surface area contributed by atoms with Gasteiger partial charge in [0.15, 0.2) is 0 Å². The molecule has 3 rings (SSSR count). The van der Waals surface area contributed by atoms with E-state index in [1.165, 1.54) is 0 Å². The van der Waals surface area contributed by atoms with Gasteiger partial charge in [-0.2, -0.15) is 10.2 Å². The molecule has 23 heavy (non-hydrogen) atoms. The van der Waals surface area contributed by atoms with Crippen LogP contribution in [0, 0.1) is 11.3 Å². The van der Waals surface area contributed by atoms with Crippen molar-refractivity contribution in [2.24, 2.45) is 0 Å². The SMILES string of the molecule is COc1ccc(OCC2Cc3c(nc(N)c(C#N)c3N)O2)cc1. The third-order valence-electron chi connectivity index (χ3n) is 3.65. The molecule has 0 amide bonds. The number of anilines is 2. The van der Waals surface area contributed by atoms with E-state index in [2.05, 4.69) is 4.98 Å². The van der Waals surface area contributed by atoms with Gasteiger partial charge < -0.3 is 25.7 Å². The largest absolute Gasteiger partial charge is 0.497 e. The Morgan fingerprint density at radius 1 is 1.30 bits per heavy atom. The maximum atomic E-state index is 9.07. The van der Waals surface area contributed by atoms with Gasteiger partial charge >= 0.3 is 0 Å². The average Bonchev–Trinajstić information content (AvgIpc) is 2.97. The lowest BCUT2D eigenvalue weighted by atomic mass is 10.1. The number of aromatic nitrogens is 1. The molecule has 1 aromatic heterocycles. The maximum absolute atomic E-state index is 9.07. The molecule has 0 fully saturated rings. The van der Waals surface area contributed by atoms with Crippen molar-refractivity contribution < 1.29 is 14.2 Å². The second-order valence-corrected chi connectivity index (χ2v) is 5.11. The molecule has 0 spiro atoms. The van der Waals surface area contributed by atoms with Crippen molar-refractivity contribution in [1.29, 1.82) is 5.26 Å². The minimum atomic E-state index is -0.227. The van der Waals surface area contributed by atoms with E-state index >= 15 is 0 Å². The third-order valence-corrected chi connectivity index (χ3v) is 3.65. The van der Waals surface area contributed by atoms with Gasteiger partial charge in [0.25, 0.3) is 0 Å². The number of nitrogens with zero attached hydrogens (tertiary/aromatic N) is 2. The first kappa shape index (κ1) is 14.8. The minimum absolute atomic E-state index is 0.0838. The highest BCUT2D eigenvalue weighted by Crippen LogP contribution is 2.35. The first-order valence-corrected chi connectivity index (χ1v) is 7.03. The second-order valence-electron chi connectivity index (χ2n) is 5.11. The smallest absolute Gasteiger partial charge is 0.221 e. The summed E-state index contributed by atoms with van der Waals surface area (Å²) < 4.78 is 16.5. The van der Waals surface area contributed by atoms with Gasteiger partial charge in [0.2, 0.25) is 5.88 Å². The summed E-state index contributed by atoms with van der Waals surface area (Å²) in [6.45, 7) is 0.337. The molecule has 7 nitrogen and oxygen atoms in total. The lowest BCUT2D eigenvalue weighted by molar-refractivity contribution is 0.145. The predicted octanol–water partition coefficient (Wildman–Crippen LogP) is 1.51. The fourth-order valence-electron chi connectivity index (χ4n) is 2.43. The zero-order valence-electron chi connectivity index (χ0n) is 12.6. The van der Waals surface area contributed by atoms with E-state index in [9.17, 15) is 0 Å². The third kappa shape index (κ3) is 2.79. The Hall–Kier alpha value is -3.14. The number of hydrogen-bond donors (Lipinski definition) is 2. The Morgan fingerprint density at radius 3 is 2.65 bits per heavy atom. The van der Waals surface area contributed by atoms with Gasteiger partial charge in [-0.1, -0.05) is 0 Å². The normalized spacial score (nSPS) is 15.4. The molecule has 2 heterocycles. The van der Waals surface area contributed by atoms with Crippen molar-refractivity contribution in [3.63, 3.8) is 0 Å². The molecule has 0 bridgehead atoms. The molecular weight excluding hydrogens is 296 g/mol. The van der Waals surface area contributed by atoms with Gasteiger partial charge in [0.1, 0.15) is 41.7 Å². The summed E-state index contributed by atoms with van der Waals surface area (Å²) in [4.78, 5) is 4.09. The number of methoxy groups -OCH3 is 1. The number of nitriles is 1. The predicted molar refractivity (Wildman–Crippen MR) is 84.4 cm³/mol. The molecule has 1 atom stereocenters. The van der Waals surface area contributed by atoms with Crippen LogP contribution >= 0.6 is 0 Å². The summed E-state index contributed by atoms with van der Waals surface area (Å²) in [5, 5.41) is 9.07. The molecule has 0 radical (unpaired) electrons. The number of fused-ring (bicyclic) bond motifs is 1. The van der Waals surface area contributed by atoms with E-state index in [1.54, 1.807) is 7.11 Å². The Bertz CT molecular complexity index is 768. The second kappa shape index (κ2) is 5.93. The van der Waals surface area contributed by atoms with E-state index in [0.29, 0.717) is 35.9 Å². The standard InChI is InChI=1S/C16H16N4O3/c1-21-9-2-4-10(5-3-9)22-8-11-6-12-14(18)13(7-17)15(19)20-16(12)23-11/h2-5,11H,6,8H2,1H3,(H4,18,19,20). The van der Waals surface area contributed by atoms with Crippen LogP contribution in [-0.4, -0.2) is 24.8 Å². The summed E-state index contributed by atoms with van der Waals surface area (Å²) in [7, 11) is 1.61. The summed E-state index contributed by atoms with van der Waals surface area (Å²) in [5.74, 6) is 1.93. The van der Waals surface area contributed by atoms with E-state index in [1.807, 2.05) is 30.3 Å². The molecule has 1 aliphatic heterocycles. The maximum Gasteiger partial charge on any atom is 0.221 e. The van der Waals surface area contributed by atoms with Crippen molar-refractivity contribution in [3.05, 3.63) is 35.4 Å². The summed E-state index contributed by atoms with van der Waals surface area (Å²) in [6, 6.07) is 9.24. The van der Waals surface area contributed by atoms with Crippen LogP contribution in [-0.2, 0) is 6.42 Å². The number of nitrogen functional groups attached to an aromatic ring is 2. The fourth-order valence-corrected chi connectivity index (χ4v) is 2.43. The van der Waals surface area contributed by atoms with Crippen LogP contribution in [0.4, 0.5) is 11.5 Å². The van der Waals surface area contributed by atoms with Crippen LogP contribution in [0.3, 0.4) is 0 Å². The molecule has 1 aromatic carbocycles. The summed E-state index contributed by atoms with van der Waals surface area (Å²) >= 11 is 0.